The molecule has 3 heteroatoms. The van der Waals surface area contributed by atoms with Gasteiger partial charge in [-0.2, -0.15) is 4.39 Å². The molecule has 0 bridgehead atoms. The zero-order valence-electron chi connectivity index (χ0n) is 5.63. The number of rotatable bonds is 1. The fourth-order valence-electron chi connectivity index (χ4n) is 0.804. The Morgan fingerprint density at radius 3 is 2.56 bits per heavy atom. The Morgan fingerprint density at radius 2 is 2.33 bits per heavy atom. The van der Waals surface area contributed by atoms with Gasteiger partial charge in [0.05, 0.1) is 0 Å². The molecule has 0 spiro atoms. The van der Waals surface area contributed by atoms with Gasteiger partial charge in [0.1, 0.15) is 0 Å². The largest absolute Gasteiger partial charge is 0.344 e. The van der Waals surface area contributed by atoms with Crippen molar-refractivity contribution in [2.75, 3.05) is 0 Å². The van der Waals surface area contributed by atoms with E-state index in [1.54, 1.807) is 17.3 Å². The van der Waals surface area contributed by atoms with Crippen LogP contribution in [-0.4, -0.2) is 17.4 Å². The Hall–Kier alpha value is -0.730. The van der Waals surface area contributed by atoms with Crippen molar-refractivity contribution in [1.29, 1.82) is 0 Å². The average molecular weight is 130 g/mol. The second-order valence-corrected chi connectivity index (χ2v) is 2.36. The predicted molar refractivity (Wildman–Crippen MR) is 34.1 cm³/mol. The Balaban J connectivity index is 2.49. The highest BCUT2D eigenvalue weighted by atomic mass is 19.1. The lowest BCUT2D eigenvalue weighted by Crippen LogP contribution is -2.35. The highest BCUT2D eigenvalue weighted by Gasteiger charge is 2.18. The average Bonchev–Trinajstić information content (AvgIpc) is 2.13. The van der Waals surface area contributed by atoms with Gasteiger partial charge >= 0.3 is 0 Å². The number of nitrogens with one attached hydrogen (secondary N) is 1. The van der Waals surface area contributed by atoms with E-state index < -0.39 is 6.42 Å². The van der Waals surface area contributed by atoms with Crippen LogP contribution in [0.15, 0.2) is 12.4 Å². The predicted octanol–water partition coefficient (Wildman–Crippen LogP) is 1.02. The van der Waals surface area contributed by atoms with Crippen LogP contribution in [0.25, 0.3) is 0 Å². The van der Waals surface area contributed by atoms with E-state index in [2.05, 4.69) is 5.32 Å². The highest BCUT2D eigenvalue weighted by Crippen LogP contribution is 2.09. The normalized spacial score (nSPS) is 25.3. The molecule has 1 rings (SSSR count). The van der Waals surface area contributed by atoms with Crippen molar-refractivity contribution in [3.8, 4) is 0 Å². The van der Waals surface area contributed by atoms with Gasteiger partial charge in [0.2, 0.25) is 6.42 Å². The Labute approximate surface area is 54.3 Å². The zero-order valence-corrected chi connectivity index (χ0v) is 5.63. The molecular weight excluding hydrogens is 119 g/mol. The van der Waals surface area contributed by atoms with Crippen molar-refractivity contribution in [2.45, 2.75) is 26.3 Å². The first-order valence-electron chi connectivity index (χ1n) is 3.06. The van der Waals surface area contributed by atoms with E-state index in [9.17, 15) is 4.39 Å². The smallest absolute Gasteiger partial charge is 0.246 e. The molecule has 0 aromatic carbocycles. The van der Waals surface area contributed by atoms with Crippen molar-refractivity contribution < 1.29 is 4.39 Å². The first kappa shape index (κ1) is 6.39. The summed E-state index contributed by atoms with van der Waals surface area (Å²) in [5.41, 5.74) is 0. The Bertz CT molecular complexity index is 122. The summed E-state index contributed by atoms with van der Waals surface area (Å²) in [5, 5.41) is 2.53. The maximum atomic E-state index is 12.6. The monoisotopic (exact) mass is 130 g/mol. The molecule has 1 heterocycles. The first-order chi connectivity index (χ1) is 4.22. The molecule has 52 valence electrons. The third kappa shape index (κ3) is 1.15. The SMILES string of the molecule is CC(C)N1C=CNC1F. The van der Waals surface area contributed by atoms with Crippen LogP contribution < -0.4 is 5.32 Å². The number of nitrogens with zero attached hydrogens (tertiary/aromatic N) is 1. The van der Waals surface area contributed by atoms with E-state index in [1.165, 1.54) is 0 Å². The standard InChI is InChI=1S/C6H11FN2/c1-5(2)9-4-3-8-6(9)7/h3-6,8H,1-2H3. The maximum Gasteiger partial charge on any atom is 0.246 e. The summed E-state index contributed by atoms with van der Waals surface area (Å²) in [6, 6.07) is 0.228. The summed E-state index contributed by atoms with van der Waals surface area (Å²) in [6.07, 6.45) is 2.31. The van der Waals surface area contributed by atoms with E-state index in [0.29, 0.717) is 0 Å². The molecule has 1 aliphatic heterocycles. The number of halogens is 1. The molecule has 0 amide bonds. The third-order valence-electron chi connectivity index (χ3n) is 1.34. The van der Waals surface area contributed by atoms with E-state index in [4.69, 9.17) is 0 Å². The number of hydrogen-bond donors (Lipinski definition) is 1. The van der Waals surface area contributed by atoms with Gasteiger partial charge in [-0.1, -0.05) is 0 Å². The van der Waals surface area contributed by atoms with E-state index in [1.807, 2.05) is 13.8 Å². The summed E-state index contributed by atoms with van der Waals surface area (Å²) in [5.74, 6) is 0. The van der Waals surface area contributed by atoms with Crippen LogP contribution in [0.1, 0.15) is 13.8 Å². The zero-order chi connectivity index (χ0) is 6.85. The van der Waals surface area contributed by atoms with E-state index >= 15 is 0 Å². The molecule has 0 fully saturated rings. The molecule has 1 unspecified atom stereocenters. The van der Waals surface area contributed by atoms with Crippen LogP contribution in [0, 0.1) is 0 Å². The fourth-order valence-corrected chi connectivity index (χ4v) is 0.804. The van der Waals surface area contributed by atoms with Crippen molar-refractivity contribution in [3.63, 3.8) is 0 Å². The maximum absolute atomic E-state index is 12.6. The topological polar surface area (TPSA) is 15.3 Å². The minimum absolute atomic E-state index is 0.228. The van der Waals surface area contributed by atoms with Crippen LogP contribution in [-0.2, 0) is 0 Å². The number of hydrogen-bond acceptors (Lipinski definition) is 2. The summed E-state index contributed by atoms with van der Waals surface area (Å²) in [4.78, 5) is 1.61. The molecule has 0 aromatic heterocycles. The van der Waals surface area contributed by atoms with Gasteiger partial charge in [-0.15, -0.1) is 0 Å². The van der Waals surface area contributed by atoms with Gasteiger partial charge in [-0.05, 0) is 13.8 Å². The van der Waals surface area contributed by atoms with Gasteiger partial charge < -0.3 is 10.2 Å². The molecule has 0 saturated carbocycles. The van der Waals surface area contributed by atoms with Crippen LogP contribution >= 0.6 is 0 Å². The van der Waals surface area contributed by atoms with Gasteiger partial charge in [0, 0.05) is 18.4 Å². The van der Waals surface area contributed by atoms with Crippen LogP contribution in [0.3, 0.4) is 0 Å². The molecule has 0 aliphatic carbocycles. The van der Waals surface area contributed by atoms with Crippen LogP contribution in [0.2, 0.25) is 0 Å². The van der Waals surface area contributed by atoms with E-state index in [0.717, 1.165) is 0 Å². The molecule has 0 saturated heterocycles. The van der Waals surface area contributed by atoms with Crippen LogP contribution in [0.5, 0.6) is 0 Å². The van der Waals surface area contributed by atoms with Crippen molar-refractivity contribution in [1.82, 2.24) is 10.2 Å². The lowest BCUT2D eigenvalue weighted by molar-refractivity contribution is 0.104. The molecule has 0 radical (unpaired) electrons. The Kier molecular flexibility index (Phi) is 1.60. The minimum atomic E-state index is -1.02. The molecular formula is C6H11FN2. The molecule has 9 heavy (non-hydrogen) atoms. The Morgan fingerprint density at radius 1 is 1.67 bits per heavy atom. The number of alkyl halides is 1. The summed E-state index contributed by atoms with van der Waals surface area (Å²) >= 11 is 0. The second-order valence-electron chi connectivity index (χ2n) is 2.36. The fraction of sp³-hybridized carbons (Fsp3) is 0.667. The second kappa shape index (κ2) is 2.25. The van der Waals surface area contributed by atoms with Crippen molar-refractivity contribution >= 4 is 0 Å². The highest BCUT2D eigenvalue weighted by molar-refractivity contribution is 4.91. The molecule has 1 atom stereocenters. The van der Waals surface area contributed by atoms with Crippen molar-refractivity contribution in [2.24, 2.45) is 0 Å². The summed E-state index contributed by atoms with van der Waals surface area (Å²) in [6.45, 7) is 3.90. The molecule has 1 aliphatic rings. The quantitative estimate of drug-likeness (QED) is 0.533. The van der Waals surface area contributed by atoms with E-state index in [-0.39, 0.29) is 6.04 Å². The van der Waals surface area contributed by atoms with Crippen molar-refractivity contribution in [3.05, 3.63) is 12.4 Å². The first-order valence-corrected chi connectivity index (χ1v) is 3.06. The lowest BCUT2D eigenvalue weighted by atomic mass is 10.4. The van der Waals surface area contributed by atoms with Crippen LogP contribution in [0.4, 0.5) is 4.39 Å². The molecule has 0 aromatic rings. The van der Waals surface area contributed by atoms with Gasteiger partial charge in [-0.25, -0.2) is 0 Å². The molecule has 1 N–H and O–H groups in total. The summed E-state index contributed by atoms with van der Waals surface area (Å²) < 4.78 is 12.6. The van der Waals surface area contributed by atoms with Gasteiger partial charge in [0.25, 0.3) is 0 Å². The minimum Gasteiger partial charge on any atom is -0.344 e. The van der Waals surface area contributed by atoms with Gasteiger partial charge in [-0.3, -0.25) is 0 Å². The van der Waals surface area contributed by atoms with Gasteiger partial charge in [0.15, 0.2) is 0 Å². The molecule has 2 nitrogen and oxygen atoms in total. The lowest BCUT2D eigenvalue weighted by Gasteiger charge is -2.22. The summed E-state index contributed by atoms with van der Waals surface area (Å²) in [7, 11) is 0. The third-order valence-corrected chi connectivity index (χ3v) is 1.34.